The summed E-state index contributed by atoms with van der Waals surface area (Å²) >= 11 is 0. The molecule has 0 spiro atoms. The number of benzene rings is 1. The van der Waals surface area contributed by atoms with Gasteiger partial charge in [-0.1, -0.05) is 44.2 Å². The summed E-state index contributed by atoms with van der Waals surface area (Å²) in [6, 6.07) is 11.2. The van der Waals surface area contributed by atoms with Gasteiger partial charge in [0.1, 0.15) is 0 Å². The van der Waals surface area contributed by atoms with Crippen molar-refractivity contribution in [1.29, 1.82) is 0 Å². The van der Waals surface area contributed by atoms with Gasteiger partial charge in [0.2, 0.25) is 5.91 Å². The fourth-order valence-electron chi connectivity index (χ4n) is 3.63. The molecule has 2 rings (SSSR count). The minimum atomic E-state index is 0.0890. The molecule has 1 amide bonds. The van der Waals surface area contributed by atoms with Gasteiger partial charge in [0, 0.05) is 31.7 Å². The molecule has 1 aliphatic rings. The van der Waals surface area contributed by atoms with E-state index in [9.17, 15) is 4.79 Å². The lowest BCUT2D eigenvalue weighted by atomic mass is 9.85. The van der Waals surface area contributed by atoms with Crippen LogP contribution in [0.3, 0.4) is 0 Å². The van der Waals surface area contributed by atoms with Crippen molar-refractivity contribution in [2.75, 3.05) is 19.6 Å². The molecular formula is C19H31N3O. The van der Waals surface area contributed by atoms with Crippen molar-refractivity contribution in [2.24, 2.45) is 11.8 Å². The predicted molar refractivity (Wildman–Crippen MR) is 95.1 cm³/mol. The third-order valence-corrected chi connectivity index (χ3v) is 4.52. The highest BCUT2D eigenvalue weighted by Gasteiger charge is 2.31. The minimum absolute atomic E-state index is 0.0890. The zero-order valence-electron chi connectivity index (χ0n) is 14.9. The van der Waals surface area contributed by atoms with Gasteiger partial charge in [-0.05, 0) is 31.2 Å². The molecule has 1 aromatic carbocycles. The number of amides is 1. The molecule has 1 saturated heterocycles. The van der Waals surface area contributed by atoms with Gasteiger partial charge in [-0.3, -0.25) is 9.69 Å². The van der Waals surface area contributed by atoms with Crippen LogP contribution in [0.1, 0.15) is 33.3 Å². The van der Waals surface area contributed by atoms with E-state index in [1.165, 1.54) is 5.56 Å². The molecule has 1 unspecified atom stereocenters. The van der Waals surface area contributed by atoms with E-state index in [0.717, 1.165) is 19.6 Å². The number of rotatable bonds is 6. The first-order valence-electron chi connectivity index (χ1n) is 8.74. The Morgan fingerprint density at radius 3 is 2.35 bits per heavy atom. The number of carbonyl (C=O) groups is 1. The predicted octanol–water partition coefficient (Wildman–Crippen LogP) is 2.26. The number of likely N-dealkylation sites (tertiary alicyclic amines) is 1. The Balaban J connectivity index is 1.83. The Hall–Kier alpha value is -1.39. The van der Waals surface area contributed by atoms with Crippen LogP contribution >= 0.6 is 0 Å². The SMILES string of the molecule is CC(C)NC(=O)CNC1[C@H](C)CN(Cc2ccccc2)C[C@@H]1C. The summed E-state index contributed by atoms with van der Waals surface area (Å²) in [5, 5.41) is 6.41. The van der Waals surface area contributed by atoms with Crippen molar-refractivity contribution in [1.82, 2.24) is 15.5 Å². The van der Waals surface area contributed by atoms with E-state index in [4.69, 9.17) is 0 Å². The summed E-state index contributed by atoms with van der Waals surface area (Å²) < 4.78 is 0. The second-order valence-electron chi connectivity index (χ2n) is 7.26. The molecule has 1 heterocycles. The standard InChI is InChI=1S/C19H31N3O/c1-14(2)21-18(23)10-20-19-15(3)11-22(12-16(19)4)13-17-8-6-5-7-9-17/h5-9,14-16,19-20H,10-13H2,1-4H3,(H,21,23)/t15-,16+,19?. The Bertz CT molecular complexity index is 477. The van der Waals surface area contributed by atoms with Gasteiger partial charge in [-0.2, -0.15) is 0 Å². The highest BCUT2D eigenvalue weighted by Crippen LogP contribution is 2.23. The Kier molecular flexibility index (Phi) is 6.60. The normalized spacial score (nSPS) is 25.5. The summed E-state index contributed by atoms with van der Waals surface area (Å²) in [4.78, 5) is 14.4. The molecule has 1 aromatic rings. The van der Waals surface area contributed by atoms with Gasteiger partial charge < -0.3 is 10.6 Å². The van der Waals surface area contributed by atoms with Gasteiger partial charge in [0.05, 0.1) is 6.54 Å². The monoisotopic (exact) mass is 317 g/mol. The van der Waals surface area contributed by atoms with Gasteiger partial charge in [-0.25, -0.2) is 0 Å². The number of nitrogens with one attached hydrogen (secondary N) is 2. The van der Waals surface area contributed by atoms with E-state index in [-0.39, 0.29) is 11.9 Å². The molecule has 23 heavy (non-hydrogen) atoms. The lowest BCUT2D eigenvalue weighted by Crippen LogP contribution is -2.55. The first-order chi connectivity index (χ1) is 11.0. The molecule has 128 valence electrons. The molecule has 0 radical (unpaired) electrons. The number of hydrogen-bond acceptors (Lipinski definition) is 3. The van der Waals surface area contributed by atoms with E-state index in [2.05, 4.69) is 59.7 Å². The third-order valence-electron chi connectivity index (χ3n) is 4.52. The molecule has 0 aromatic heterocycles. The van der Waals surface area contributed by atoms with Gasteiger partial charge in [0.15, 0.2) is 0 Å². The molecule has 0 saturated carbocycles. The van der Waals surface area contributed by atoms with Crippen molar-refractivity contribution in [3.05, 3.63) is 35.9 Å². The average molecular weight is 317 g/mol. The molecular weight excluding hydrogens is 286 g/mol. The van der Waals surface area contributed by atoms with Crippen molar-refractivity contribution < 1.29 is 4.79 Å². The van der Waals surface area contributed by atoms with Gasteiger partial charge in [0.25, 0.3) is 0 Å². The van der Waals surface area contributed by atoms with Crippen LogP contribution in [0.4, 0.5) is 0 Å². The number of carbonyl (C=O) groups excluding carboxylic acids is 1. The van der Waals surface area contributed by atoms with E-state index < -0.39 is 0 Å². The fourth-order valence-corrected chi connectivity index (χ4v) is 3.63. The number of nitrogens with zero attached hydrogens (tertiary/aromatic N) is 1. The lowest BCUT2D eigenvalue weighted by molar-refractivity contribution is -0.121. The van der Waals surface area contributed by atoms with Gasteiger partial charge >= 0.3 is 0 Å². The van der Waals surface area contributed by atoms with Crippen molar-refractivity contribution in [3.8, 4) is 0 Å². The zero-order chi connectivity index (χ0) is 16.8. The Morgan fingerprint density at radius 1 is 1.17 bits per heavy atom. The number of piperidine rings is 1. The smallest absolute Gasteiger partial charge is 0.234 e. The summed E-state index contributed by atoms with van der Waals surface area (Å²) in [5.41, 5.74) is 1.37. The zero-order valence-corrected chi connectivity index (χ0v) is 14.9. The second-order valence-corrected chi connectivity index (χ2v) is 7.26. The minimum Gasteiger partial charge on any atom is -0.353 e. The first-order valence-corrected chi connectivity index (χ1v) is 8.74. The third kappa shape index (κ3) is 5.63. The molecule has 2 N–H and O–H groups in total. The first kappa shape index (κ1) is 18.0. The molecule has 1 aliphatic heterocycles. The second kappa shape index (κ2) is 8.46. The topological polar surface area (TPSA) is 44.4 Å². The molecule has 3 atom stereocenters. The molecule has 0 aliphatic carbocycles. The molecule has 0 bridgehead atoms. The van der Waals surface area contributed by atoms with Crippen LogP contribution in [0.15, 0.2) is 30.3 Å². The van der Waals surface area contributed by atoms with Crippen LogP contribution in [0.25, 0.3) is 0 Å². The number of hydrogen-bond donors (Lipinski definition) is 2. The highest BCUT2D eigenvalue weighted by molar-refractivity contribution is 5.78. The quantitative estimate of drug-likeness (QED) is 0.846. The maximum Gasteiger partial charge on any atom is 0.234 e. The summed E-state index contributed by atoms with van der Waals surface area (Å²) in [7, 11) is 0. The van der Waals surface area contributed by atoms with E-state index >= 15 is 0 Å². The molecule has 4 nitrogen and oxygen atoms in total. The van der Waals surface area contributed by atoms with Crippen LogP contribution in [0, 0.1) is 11.8 Å². The highest BCUT2D eigenvalue weighted by atomic mass is 16.1. The average Bonchev–Trinajstić information content (AvgIpc) is 2.46. The lowest BCUT2D eigenvalue weighted by Gasteiger charge is -2.42. The molecule has 4 heteroatoms. The van der Waals surface area contributed by atoms with Crippen molar-refractivity contribution >= 4 is 5.91 Å². The van der Waals surface area contributed by atoms with Crippen LogP contribution < -0.4 is 10.6 Å². The fraction of sp³-hybridized carbons (Fsp3) is 0.632. The van der Waals surface area contributed by atoms with Crippen LogP contribution in [0.5, 0.6) is 0 Å². The summed E-state index contributed by atoms with van der Waals surface area (Å²) in [6.07, 6.45) is 0. The maximum absolute atomic E-state index is 11.8. The largest absolute Gasteiger partial charge is 0.353 e. The van der Waals surface area contributed by atoms with Crippen LogP contribution in [0.2, 0.25) is 0 Å². The maximum atomic E-state index is 11.8. The Labute approximate surface area is 140 Å². The summed E-state index contributed by atoms with van der Waals surface area (Å²) in [6.45, 7) is 12.1. The van der Waals surface area contributed by atoms with Crippen LogP contribution in [-0.4, -0.2) is 42.5 Å². The Morgan fingerprint density at radius 2 is 1.78 bits per heavy atom. The van der Waals surface area contributed by atoms with Crippen LogP contribution in [-0.2, 0) is 11.3 Å². The summed E-state index contributed by atoms with van der Waals surface area (Å²) in [5.74, 6) is 1.16. The van der Waals surface area contributed by atoms with E-state index in [1.54, 1.807) is 0 Å². The molecule has 1 fully saturated rings. The van der Waals surface area contributed by atoms with E-state index in [1.807, 2.05) is 13.8 Å². The van der Waals surface area contributed by atoms with Crippen molar-refractivity contribution in [2.45, 2.75) is 46.3 Å². The van der Waals surface area contributed by atoms with Gasteiger partial charge in [-0.15, -0.1) is 0 Å². The van der Waals surface area contributed by atoms with E-state index in [0.29, 0.717) is 24.4 Å². The van der Waals surface area contributed by atoms with Crippen molar-refractivity contribution in [3.63, 3.8) is 0 Å².